The zero-order valence-electron chi connectivity index (χ0n) is 13.8. The lowest BCUT2D eigenvalue weighted by Gasteiger charge is -2.18. The first-order valence-electron chi connectivity index (χ1n) is 8.30. The number of benzene rings is 1. The molecule has 0 spiro atoms. The van der Waals surface area contributed by atoms with Crippen LogP contribution in [-0.4, -0.2) is 44.2 Å². The highest BCUT2D eigenvalue weighted by atomic mass is 16.5. The molecule has 3 heteroatoms. The summed E-state index contributed by atoms with van der Waals surface area (Å²) >= 11 is 0. The standard InChI is InChI=1S/C18H30N2O/c1-4-20-12-11-17(14-20)13-19-15(2)5-6-16-7-9-18(21-3)10-8-16/h7-10,15,17,19H,4-6,11-14H2,1-3H3. The largest absolute Gasteiger partial charge is 0.497 e. The highest BCUT2D eigenvalue weighted by Gasteiger charge is 2.20. The summed E-state index contributed by atoms with van der Waals surface area (Å²) in [6.45, 7) is 9.48. The highest BCUT2D eigenvalue weighted by molar-refractivity contribution is 5.27. The Morgan fingerprint density at radius 3 is 2.71 bits per heavy atom. The number of hydrogen-bond donors (Lipinski definition) is 1. The van der Waals surface area contributed by atoms with E-state index in [1.165, 1.54) is 44.6 Å². The number of ether oxygens (including phenoxy) is 1. The zero-order valence-corrected chi connectivity index (χ0v) is 13.8. The van der Waals surface area contributed by atoms with Gasteiger partial charge in [-0.25, -0.2) is 0 Å². The van der Waals surface area contributed by atoms with E-state index >= 15 is 0 Å². The zero-order chi connectivity index (χ0) is 15.1. The van der Waals surface area contributed by atoms with Gasteiger partial charge in [-0.05, 0) is 69.4 Å². The number of rotatable bonds is 8. The lowest BCUT2D eigenvalue weighted by atomic mass is 10.0. The monoisotopic (exact) mass is 290 g/mol. The van der Waals surface area contributed by atoms with E-state index in [0.717, 1.165) is 18.1 Å². The summed E-state index contributed by atoms with van der Waals surface area (Å²) in [6, 6.07) is 9.02. The van der Waals surface area contributed by atoms with Crippen LogP contribution in [0.2, 0.25) is 0 Å². The molecular formula is C18H30N2O. The van der Waals surface area contributed by atoms with Gasteiger partial charge in [0.15, 0.2) is 0 Å². The number of aryl methyl sites for hydroxylation is 1. The summed E-state index contributed by atoms with van der Waals surface area (Å²) in [5, 5.41) is 3.71. The maximum Gasteiger partial charge on any atom is 0.118 e. The number of hydrogen-bond acceptors (Lipinski definition) is 3. The summed E-state index contributed by atoms with van der Waals surface area (Å²) in [5.41, 5.74) is 1.39. The number of likely N-dealkylation sites (tertiary alicyclic amines) is 1. The molecule has 1 aromatic rings. The smallest absolute Gasteiger partial charge is 0.118 e. The molecular weight excluding hydrogens is 260 g/mol. The third kappa shape index (κ3) is 5.33. The molecule has 118 valence electrons. The van der Waals surface area contributed by atoms with Crippen molar-refractivity contribution < 1.29 is 4.74 Å². The minimum absolute atomic E-state index is 0.586. The lowest BCUT2D eigenvalue weighted by molar-refractivity contribution is 0.335. The predicted octanol–water partition coefficient (Wildman–Crippen LogP) is 2.95. The van der Waals surface area contributed by atoms with Crippen molar-refractivity contribution in [3.63, 3.8) is 0 Å². The molecule has 0 aromatic heterocycles. The normalized spacial score (nSPS) is 20.6. The van der Waals surface area contributed by atoms with Crippen molar-refractivity contribution in [2.75, 3.05) is 33.3 Å². The van der Waals surface area contributed by atoms with Crippen LogP contribution in [0, 0.1) is 5.92 Å². The Kier molecular flexibility index (Phi) is 6.52. The molecule has 1 aromatic carbocycles. The Morgan fingerprint density at radius 1 is 1.33 bits per heavy atom. The molecule has 0 amide bonds. The first-order valence-corrected chi connectivity index (χ1v) is 8.30. The van der Waals surface area contributed by atoms with E-state index in [1.807, 2.05) is 12.1 Å². The summed E-state index contributed by atoms with van der Waals surface area (Å²) < 4.78 is 5.19. The van der Waals surface area contributed by atoms with Crippen molar-refractivity contribution in [1.29, 1.82) is 0 Å². The van der Waals surface area contributed by atoms with Crippen molar-refractivity contribution in [2.24, 2.45) is 5.92 Å². The van der Waals surface area contributed by atoms with Gasteiger partial charge in [0.1, 0.15) is 5.75 Å². The summed E-state index contributed by atoms with van der Waals surface area (Å²) in [4.78, 5) is 2.55. The number of methoxy groups -OCH3 is 1. The van der Waals surface area contributed by atoms with Gasteiger partial charge in [-0.15, -0.1) is 0 Å². The molecule has 1 aliphatic heterocycles. The van der Waals surface area contributed by atoms with E-state index in [9.17, 15) is 0 Å². The minimum atomic E-state index is 0.586. The molecule has 0 saturated carbocycles. The van der Waals surface area contributed by atoms with Crippen LogP contribution in [0.3, 0.4) is 0 Å². The number of nitrogens with one attached hydrogen (secondary N) is 1. The SMILES string of the molecule is CCN1CCC(CNC(C)CCc2ccc(OC)cc2)C1. The van der Waals surface area contributed by atoms with Gasteiger partial charge >= 0.3 is 0 Å². The average Bonchev–Trinajstić information content (AvgIpc) is 2.99. The molecule has 1 fully saturated rings. The van der Waals surface area contributed by atoms with Gasteiger partial charge in [-0.1, -0.05) is 19.1 Å². The maximum atomic E-state index is 5.19. The van der Waals surface area contributed by atoms with E-state index in [2.05, 4.69) is 36.2 Å². The van der Waals surface area contributed by atoms with Crippen LogP contribution in [0.25, 0.3) is 0 Å². The Balaban J connectivity index is 1.64. The highest BCUT2D eigenvalue weighted by Crippen LogP contribution is 2.16. The molecule has 2 rings (SSSR count). The van der Waals surface area contributed by atoms with Crippen molar-refractivity contribution in [2.45, 2.75) is 39.2 Å². The maximum absolute atomic E-state index is 5.19. The van der Waals surface area contributed by atoms with Crippen LogP contribution in [-0.2, 0) is 6.42 Å². The fourth-order valence-electron chi connectivity index (χ4n) is 3.01. The number of nitrogens with zero attached hydrogens (tertiary/aromatic N) is 1. The van der Waals surface area contributed by atoms with Gasteiger partial charge in [0.05, 0.1) is 7.11 Å². The molecule has 1 N–H and O–H groups in total. The fraction of sp³-hybridized carbons (Fsp3) is 0.667. The van der Waals surface area contributed by atoms with Gasteiger partial charge < -0.3 is 15.0 Å². The quantitative estimate of drug-likeness (QED) is 0.796. The third-order valence-corrected chi connectivity index (χ3v) is 4.60. The van der Waals surface area contributed by atoms with Crippen LogP contribution in [0.1, 0.15) is 32.3 Å². The Hall–Kier alpha value is -1.06. The second-order valence-electron chi connectivity index (χ2n) is 6.24. The molecule has 0 aliphatic carbocycles. The molecule has 1 saturated heterocycles. The molecule has 0 radical (unpaired) electrons. The van der Waals surface area contributed by atoms with Gasteiger partial charge in [-0.2, -0.15) is 0 Å². The molecule has 2 unspecified atom stereocenters. The first-order chi connectivity index (χ1) is 10.2. The van der Waals surface area contributed by atoms with E-state index < -0.39 is 0 Å². The Bertz CT molecular complexity index is 404. The molecule has 21 heavy (non-hydrogen) atoms. The lowest BCUT2D eigenvalue weighted by Crippen LogP contribution is -2.32. The molecule has 3 nitrogen and oxygen atoms in total. The predicted molar refractivity (Wildman–Crippen MR) is 89.0 cm³/mol. The van der Waals surface area contributed by atoms with E-state index in [-0.39, 0.29) is 0 Å². The van der Waals surface area contributed by atoms with Gasteiger partial charge in [0, 0.05) is 12.6 Å². The van der Waals surface area contributed by atoms with Crippen LogP contribution >= 0.6 is 0 Å². The molecule has 1 heterocycles. The second kappa shape index (κ2) is 8.40. The van der Waals surface area contributed by atoms with Gasteiger partial charge in [0.2, 0.25) is 0 Å². The van der Waals surface area contributed by atoms with Crippen LogP contribution in [0.15, 0.2) is 24.3 Å². The van der Waals surface area contributed by atoms with Crippen LogP contribution < -0.4 is 10.1 Å². The Morgan fingerprint density at radius 2 is 2.10 bits per heavy atom. The first kappa shape index (κ1) is 16.3. The topological polar surface area (TPSA) is 24.5 Å². The van der Waals surface area contributed by atoms with Crippen molar-refractivity contribution >= 4 is 0 Å². The Labute approximate surface area is 129 Å². The second-order valence-corrected chi connectivity index (χ2v) is 6.24. The minimum Gasteiger partial charge on any atom is -0.497 e. The van der Waals surface area contributed by atoms with Crippen LogP contribution in [0.5, 0.6) is 5.75 Å². The van der Waals surface area contributed by atoms with Crippen molar-refractivity contribution in [3.8, 4) is 5.75 Å². The summed E-state index contributed by atoms with van der Waals surface area (Å²) in [6.07, 6.45) is 3.67. The van der Waals surface area contributed by atoms with Gasteiger partial charge in [-0.3, -0.25) is 0 Å². The fourth-order valence-corrected chi connectivity index (χ4v) is 3.01. The average molecular weight is 290 g/mol. The van der Waals surface area contributed by atoms with E-state index in [0.29, 0.717) is 6.04 Å². The molecule has 0 bridgehead atoms. The molecule has 1 aliphatic rings. The summed E-state index contributed by atoms with van der Waals surface area (Å²) in [7, 11) is 1.71. The van der Waals surface area contributed by atoms with Crippen molar-refractivity contribution in [3.05, 3.63) is 29.8 Å². The third-order valence-electron chi connectivity index (χ3n) is 4.60. The van der Waals surface area contributed by atoms with E-state index in [1.54, 1.807) is 7.11 Å². The van der Waals surface area contributed by atoms with Crippen LogP contribution in [0.4, 0.5) is 0 Å². The molecule has 2 atom stereocenters. The van der Waals surface area contributed by atoms with E-state index in [4.69, 9.17) is 4.74 Å². The van der Waals surface area contributed by atoms with Crippen molar-refractivity contribution in [1.82, 2.24) is 10.2 Å². The summed E-state index contributed by atoms with van der Waals surface area (Å²) in [5.74, 6) is 1.78. The van der Waals surface area contributed by atoms with Gasteiger partial charge in [0.25, 0.3) is 0 Å².